The highest BCUT2D eigenvalue weighted by molar-refractivity contribution is 6.38. The van der Waals surface area contributed by atoms with Crippen molar-refractivity contribution in [2.24, 2.45) is 0 Å². The molecular weight excluding hydrogens is 296 g/mol. The Morgan fingerprint density at radius 2 is 2.00 bits per heavy atom. The normalized spacial score (nSPS) is 10.7. The number of pyridine rings is 1. The molecule has 0 aliphatic rings. The summed E-state index contributed by atoms with van der Waals surface area (Å²) < 4.78 is 1.50. The monoisotopic (exact) mass is 303 g/mol. The maximum atomic E-state index is 12.3. The van der Waals surface area contributed by atoms with Crippen LogP contribution in [0.3, 0.4) is 0 Å². The van der Waals surface area contributed by atoms with Crippen LogP contribution in [0.2, 0.25) is 15.1 Å². The number of aryl methyl sites for hydroxylation is 1. The lowest BCUT2D eigenvalue weighted by molar-refractivity contribution is 0.102. The van der Waals surface area contributed by atoms with Gasteiger partial charge in [-0.15, -0.1) is 0 Å². The van der Waals surface area contributed by atoms with Crippen molar-refractivity contribution < 1.29 is 4.79 Å². The van der Waals surface area contributed by atoms with Gasteiger partial charge in [0.2, 0.25) is 5.78 Å². The minimum atomic E-state index is -0.374. The van der Waals surface area contributed by atoms with E-state index in [4.69, 9.17) is 34.8 Å². The minimum Gasteiger partial charge on any atom is -0.285 e. The molecule has 0 saturated heterocycles. The van der Waals surface area contributed by atoms with Crippen molar-refractivity contribution in [1.82, 2.24) is 14.8 Å². The fraction of sp³-hybridized carbons (Fsp3) is 0.182. The van der Waals surface area contributed by atoms with Gasteiger partial charge in [-0.05, 0) is 13.0 Å². The van der Waals surface area contributed by atoms with Crippen molar-refractivity contribution in [3.8, 4) is 0 Å². The van der Waals surface area contributed by atoms with Gasteiger partial charge in [-0.1, -0.05) is 34.8 Å². The van der Waals surface area contributed by atoms with Crippen LogP contribution in [0.4, 0.5) is 0 Å². The Morgan fingerprint density at radius 3 is 2.61 bits per heavy atom. The van der Waals surface area contributed by atoms with E-state index in [0.717, 1.165) is 0 Å². The van der Waals surface area contributed by atoms with Gasteiger partial charge in [-0.3, -0.25) is 9.48 Å². The number of ketones is 1. The molecule has 0 radical (unpaired) electrons. The Morgan fingerprint density at radius 1 is 1.28 bits per heavy atom. The molecule has 4 nitrogen and oxygen atoms in total. The molecular formula is C11H8Cl3N3O. The average Bonchev–Trinajstić information content (AvgIpc) is 2.69. The molecule has 2 aromatic heterocycles. The topological polar surface area (TPSA) is 47.8 Å². The molecule has 18 heavy (non-hydrogen) atoms. The van der Waals surface area contributed by atoms with E-state index in [0.29, 0.717) is 11.6 Å². The Hall–Kier alpha value is -1.10. The number of hydrogen-bond acceptors (Lipinski definition) is 3. The number of carbonyl (C=O) groups excluding carboxylic acids is 1. The molecule has 94 valence electrons. The summed E-state index contributed by atoms with van der Waals surface area (Å²) in [6, 6.07) is 1.46. The van der Waals surface area contributed by atoms with Crippen LogP contribution in [0.1, 0.15) is 23.1 Å². The molecule has 2 aromatic rings. The summed E-state index contributed by atoms with van der Waals surface area (Å²) in [5.41, 5.74) is 0.383. The Kier molecular flexibility index (Phi) is 3.90. The van der Waals surface area contributed by atoms with E-state index in [1.54, 1.807) is 0 Å². The van der Waals surface area contributed by atoms with Crippen LogP contribution >= 0.6 is 34.8 Å². The van der Waals surface area contributed by atoms with Crippen molar-refractivity contribution in [2.75, 3.05) is 0 Å². The molecule has 0 aliphatic heterocycles. The largest absolute Gasteiger partial charge is 0.285 e. The quantitative estimate of drug-likeness (QED) is 0.816. The highest BCUT2D eigenvalue weighted by Gasteiger charge is 2.22. The molecule has 0 unspecified atom stereocenters. The number of carbonyl (C=O) groups is 1. The summed E-state index contributed by atoms with van der Waals surface area (Å²) in [7, 11) is 0. The van der Waals surface area contributed by atoms with E-state index in [1.165, 1.54) is 23.1 Å². The van der Waals surface area contributed by atoms with Crippen molar-refractivity contribution in [2.45, 2.75) is 13.5 Å². The Labute approximate surface area is 118 Å². The van der Waals surface area contributed by atoms with Crippen LogP contribution in [-0.4, -0.2) is 20.5 Å². The second kappa shape index (κ2) is 5.26. The van der Waals surface area contributed by atoms with Gasteiger partial charge < -0.3 is 0 Å². The predicted octanol–water partition coefficient (Wildman–Crippen LogP) is 3.49. The molecule has 0 aromatic carbocycles. The first kappa shape index (κ1) is 13.3. The van der Waals surface area contributed by atoms with E-state index in [-0.39, 0.29) is 27.2 Å². The van der Waals surface area contributed by atoms with Gasteiger partial charge in [-0.2, -0.15) is 5.10 Å². The molecule has 2 rings (SSSR count). The summed E-state index contributed by atoms with van der Waals surface area (Å²) in [4.78, 5) is 16.2. The first-order chi connectivity index (χ1) is 8.54. The molecule has 0 spiro atoms. The van der Waals surface area contributed by atoms with E-state index in [2.05, 4.69) is 10.1 Å². The van der Waals surface area contributed by atoms with Crippen LogP contribution in [0.15, 0.2) is 18.5 Å². The molecule has 0 amide bonds. The van der Waals surface area contributed by atoms with Crippen molar-refractivity contribution in [3.05, 3.63) is 44.9 Å². The van der Waals surface area contributed by atoms with Crippen molar-refractivity contribution in [1.29, 1.82) is 0 Å². The zero-order chi connectivity index (χ0) is 13.3. The smallest absolute Gasteiger partial charge is 0.232 e. The summed E-state index contributed by atoms with van der Waals surface area (Å²) in [6.07, 6.45) is 2.78. The van der Waals surface area contributed by atoms with Crippen molar-refractivity contribution in [3.63, 3.8) is 0 Å². The molecule has 0 atom stereocenters. The van der Waals surface area contributed by atoms with Gasteiger partial charge in [0, 0.05) is 12.7 Å². The lowest BCUT2D eigenvalue weighted by Crippen LogP contribution is -2.13. The number of nitrogens with zero attached hydrogens (tertiary/aromatic N) is 3. The van der Waals surface area contributed by atoms with Crippen molar-refractivity contribution >= 4 is 40.6 Å². The maximum absolute atomic E-state index is 12.3. The van der Waals surface area contributed by atoms with E-state index < -0.39 is 0 Å². The second-order valence-electron chi connectivity index (χ2n) is 3.47. The summed E-state index contributed by atoms with van der Waals surface area (Å²) >= 11 is 17.6. The zero-order valence-electron chi connectivity index (χ0n) is 9.32. The van der Waals surface area contributed by atoms with Gasteiger partial charge in [-0.25, -0.2) is 4.98 Å². The number of hydrogen-bond donors (Lipinski definition) is 0. The fourth-order valence-corrected chi connectivity index (χ4v) is 2.21. The third-order valence-electron chi connectivity index (χ3n) is 2.33. The predicted molar refractivity (Wildman–Crippen MR) is 70.6 cm³/mol. The molecule has 0 fully saturated rings. The molecule has 0 saturated carbocycles. The maximum Gasteiger partial charge on any atom is 0.232 e. The third-order valence-corrected chi connectivity index (χ3v) is 3.10. The second-order valence-corrected chi connectivity index (χ2v) is 4.72. The first-order valence-corrected chi connectivity index (χ1v) is 6.25. The highest BCUT2D eigenvalue weighted by Crippen LogP contribution is 2.24. The molecule has 0 bridgehead atoms. The number of halogens is 3. The number of rotatable bonds is 3. The summed E-state index contributed by atoms with van der Waals surface area (Å²) in [6.45, 7) is 2.38. The van der Waals surface area contributed by atoms with Crippen LogP contribution in [0, 0.1) is 0 Å². The third kappa shape index (κ3) is 2.36. The Balaban J connectivity index is 2.51. The van der Waals surface area contributed by atoms with Gasteiger partial charge in [0.1, 0.15) is 11.4 Å². The molecule has 2 heterocycles. The van der Waals surface area contributed by atoms with Crippen LogP contribution in [-0.2, 0) is 6.54 Å². The first-order valence-electron chi connectivity index (χ1n) is 5.11. The average molecular weight is 305 g/mol. The standard InChI is InChI=1S/C11H8Cl3N3O/c1-2-17-10(8(14)5-16-17)11(18)9-7(13)3-6(12)4-15-9/h3-5H,2H2,1H3. The lowest BCUT2D eigenvalue weighted by Gasteiger charge is -2.05. The van der Waals surface area contributed by atoms with E-state index >= 15 is 0 Å². The lowest BCUT2D eigenvalue weighted by atomic mass is 10.2. The number of aromatic nitrogens is 3. The molecule has 7 heteroatoms. The fourth-order valence-electron chi connectivity index (χ4n) is 1.52. The molecule has 0 N–H and O–H groups in total. The van der Waals surface area contributed by atoms with Gasteiger partial charge in [0.05, 0.1) is 21.3 Å². The van der Waals surface area contributed by atoms with Crippen LogP contribution in [0.25, 0.3) is 0 Å². The zero-order valence-corrected chi connectivity index (χ0v) is 11.6. The van der Waals surface area contributed by atoms with E-state index in [9.17, 15) is 4.79 Å². The van der Waals surface area contributed by atoms with Gasteiger partial charge in [0.15, 0.2) is 0 Å². The molecule has 0 aliphatic carbocycles. The highest BCUT2D eigenvalue weighted by atomic mass is 35.5. The SMILES string of the molecule is CCn1ncc(Cl)c1C(=O)c1ncc(Cl)cc1Cl. The Bertz CT molecular complexity index is 610. The minimum absolute atomic E-state index is 0.109. The van der Waals surface area contributed by atoms with Crippen LogP contribution < -0.4 is 0 Å². The summed E-state index contributed by atoms with van der Waals surface area (Å²) in [5, 5.41) is 4.82. The van der Waals surface area contributed by atoms with Gasteiger partial charge >= 0.3 is 0 Å². The van der Waals surface area contributed by atoms with E-state index in [1.807, 2.05) is 6.92 Å². The van der Waals surface area contributed by atoms with Gasteiger partial charge in [0.25, 0.3) is 0 Å². The summed E-state index contributed by atoms with van der Waals surface area (Å²) in [5.74, 6) is -0.374. The van der Waals surface area contributed by atoms with Crippen LogP contribution in [0.5, 0.6) is 0 Å².